The van der Waals surface area contributed by atoms with Gasteiger partial charge >= 0.3 is 0 Å². The Hall–Kier alpha value is -3.72. The Balaban J connectivity index is 0. The highest BCUT2D eigenvalue weighted by atomic mass is 14.9. The van der Waals surface area contributed by atoms with Crippen LogP contribution in [0.5, 0.6) is 0 Å². The molecule has 0 bridgehead atoms. The number of aromatic amines is 1. The number of aryl methyl sites for hydroxylation is 1. The van der Waals surface area contributed by atoms with Gasteiger partial charge < -0.3 is 16.0 Å². The van der Waals surface area contributed by atoms with Gasteiger partial charge in [0, 0.05) is 22.8 Å². The number of hydrogen-bond acceptors (Lipinski definition) is 2. The highest BCUT2D eigenvalue weighted by molar-refractivity contribution is 5.71. The van der Waals surface area contributed by atoms with Crippen molar-refractivity contribution < 1.29 is 0 Å². The fraction of sp³-hybridized carbons (Fsp3) is 0.368. The van der Waals surface area contributed by atoms with Crippen molar-refractivity contribution >= 4 is 5.57 Å². The van der Waals surface area contributed by atoms with Gasteiger partial charge in [-0.25, -0.2) is 0 Å². The lowest BCUT2D eigenvalue weighted by molar-refractivity contribution is 0.656. The van der Waals surface area contributed by atoms with Crippen LogP contribution in [0.2, 0.25) is 0 Å². The number of rotatable bonds is 13. The zero-order valence-electron chi connectivity index (χ0n) is 27.3. The summed E-state index contributed by atoms with van der Waals surface area (Å²) < 4.78 is 0. The summed E-state index contributed by atoms with van der Waals surface area (Å²) in [6.07, 6.45) is 17.9. The number of nitrogens with one attached hydrogen (secondary N) is 2. The summed E-state index contributed by atoms with van der Waals surface area (Å²) >= 11 is 0. The standard InChI is InChI=1S/C26H32N2.C7H16.C3H6.C2H5N/c1-8-20(6)27-24(9-2)15-10-19(5)16-22-11-13-23(14-12-22)26-17-25(18(3)4)21(7)28-26;1-3-5-7-6-4-2;1-3-2;1-2-3/h9-15,17,27-28H,3,5-6,8,16H2,1-2,4,7H3;3-7H2,1-2H3;3H,1H2,2H3;2H,1,3H2/b15-10-,24-9+;;;. The molecule has 41 heavy (non-hydrogen) atoms. The smallest absolute Gasteiger partial charge is 0.0462 e. The fourth-order valence-electron chi connectivity index (χ4n) is 3.67. The van der Waals surface area contributed by atoms with Crippen LogP contribution >= 0.6 is 0 Å². The SMILES string of the molecule is C=C(/C=C\C(=C/C)NC(=C)CC)Cc1ccc(-c2cc(C(=C)C)c(C)[nH]2)cc1.C=CC.C=CN.CCCCCCC. The number of hydrogen-bond donors (Lipinski definition) is 3. The Kier molecular flexibility index (Phi) is 24.3. The molecule has 0 saturated carbocycles. The summed E-state index contributed by atoms with van der Waals surface area (Å²) in [5.41, 5.74) is 14.7. The van der Waals surface area contributed by atoms with Gasteiger partial charge in [-0.2, -0.15) is 0 Å². The molecule has 2 aromatic rings. The molecule has 0 unspecified atom stereocenters. The maximum atomic E-state index is 4.61. The van der Waals surface area contributed by atoms with Gasteiger partial charge in [-0.3, -0.25) is 0 Å². The van der Waals surface area contributed by atoms with E-state index < -0.39 is 0 Å². The van der Waals surface area contributed by atoms with Crippen LogP contribution < -0.4 is 11.1 Å². The minimum absolute atomic E-state index is 0.823. The summed E-state index contributed by atoms with van der Waals surface area (Å²) in [4.78, 5) is 3.45. The first-order valence-electron chi connectivity index (χ1n) is 14.9. The second kappa shape index (κ2) is 25.3. The Morgan fingerprint density at radius 3 is 1.88 bits per heavy atom. The second-order valence-electron chi connectivity index (χ2n) is 9.90. The third kappa shape index (κ3) is 19.1. The van der Waals surface area contributed by atoms with E-state index in [1.54, 1.807) is 6.08 Å². The lowest BCUT2D eigenvalue weighted by Crippen LogP contribution is -2.09. The molecule has 0 aliphatic rings. The quantitative estimate of drug-likeness (QED) is 0.130. The third-order valence-corrected chi connectivity index (χ3v) is 5.94. The van der Waals surface area contributed by atoms with Crippen molar-refractivity contribution in [2.24, 2.45) is 5.73 Å². The average molecular weight is 558 g/mol. The van der Waals surface area contributed by atoms with Crippen molar-refractivity contribution in [3.63, 3.8) is 0 Å². The second-order valence-corrected chi connectivity index (χ2v) is 9.90. The van der Waals surface area contributed by atoms with E-state index in [1.807, 2.05) is 26.8 Å². The number of nitrogens with two attached hydrogens (primary N) is 1. The van der Waals surface area contributed by atoms with Gasteiger partial charge in [-0.15, -0.1) is 6.58 Å². The molecular weight excluding hydrogens is 498 g/mol. The zero-order valence-corrected chi connectivity index (χ0v) is 27.3. The van der Waals surface area contributed by atoms with Crippen molar-refractivity contribution in [3.05, 3.63) is 128 Å². The van der Waals surface area contributed by atoms with E-state index in [9.17, 15) is 0 Å². The molecular formula is C38H59N3. The molecule has 0 fully saturated rings. The monoisotopic (exact) mass is 557 g/mol. The fourth-order valence-corrected chi connectivity index (χ4v) is 3.67. The first kappa shape index (κ1) is 39.4. The van der Waals surface area contributed by atoms with Gasteiger partial charge in [0.05, 0.1) is 0 Å². The van der Waals surface area contributed by atoms with Gasteiger partial charge in [0.1, 0.15) is 0 Å². The number of allylic oxidation sites excluding steroid dienone is 7. The molecule has 1 heterocycles. The van der Waals surface area contributed by atoms with Crippen LogP contribution in [0.4, 0.5) is 0 Å². The van der Waals surface area contributed by atoms with Crippen molar-refractivity contribution in [2.75, 3.05) is 0 Å². The minimum Gasteiger partial charge on any atom is -0.405 e. The highest BCUT2D eigenvalue weighted by Gasteiger charge is 2.07. The Bertz CT molecular complexity index is 1080. The Morgan fingerprint density at radius 1 is 0.927 bits per heavy atom. The molecule has 0 spiro atoms. The summed E-state index contributed by atoms with van der Waals surface area (Å²) in [7, 11) is 0. The highest BCUT2D eigenvalue weighted by Crippen LogP contribution is 2.26. The lowest BCUT2D eigenvalue weighted by Gasteiger charge is -2.08. The molecule has 226 valence electrons. The molecule has 0 amide bonds. The van der Waals surface area contributed by atoms with Gasteiger partial charge in [-0.05, 0) is 81.1 Å². The number of H-pyrrole nitrogens is 1. The molecule has 0 saturated heterocycles. The molecule has 1 aromatic heterocycles. The molecule has 3 nitrogen and oxygen atoms in total. The normalized spacial score (nSPS) is 10.2. The van der Waals surface area contributed by atoms with E-state index in [2.05, 4.69) is 119 Å². The van der Waals surface area contributed by atoms with Crippen LogP contribution in [0, 0.1) is 6.92 Å². The largest absolute Gasteiger partial charge is 0.405 e. The summed E-state index contributed by atoms with van der Waals surface area (Å²) in [6, 6.07) is 10.8. The molecule has 2 rings (SSSR count). The summed E-state index contributed by atoms with van der Waals surface area (Å²) in [5, 5.41) is 3.30. The van der Waals surface area contributed by atoms with Crippen LogP contribution in [0.1, 0.15) is 96.9 Å². The van der Waals surface area contributed by atoms with Crippen molar-refractivity contribution in [3.8, 4) is 11.3 Å². The van der Waals surface area contributed by atoms with Gasteiger partial charge in [0.2, 0.25) is 0 Å². The van der Waals surface area contributed by atoms with Crippen LogP contribution in [-0.2, 0) is 6.42 Å². The number of unbranched alkanes of at least 4 members (excludes halogenated alkanes) is 4. The van der Waals surface area contributed by atoms with Crippen LogP contribution in [0.3, 0.4) is 0 Å². The molecule has 0 aliphatic carbocycles. The predicted molar refractivity (Wildman–Crippen MR) is 189 cm³/mol. The van der Waals surface area contributed by atoms with Gasteiger partial charge in [0.15, 0.2) is 0 Å². The van der Waals surface area contributed by atoms with Crippen LogP contribution in [0.25, 0.3) is 16.8 Å². The first-order valence-corrected chi connectivity index (χ1v) is 14.9. The average Bonchev–Trinajstić information content (AvgIpc) is 3.34. The van der Waals surface area contributed by atoms with Crippen LogP contribution in [0.15, 0.2) is 111 Å². The van der Waals surface area contributed by atoms with E-state index in [0.29, 0.717) is 0 Å². The molecule has 0 aliphatic heterocycles. The Morgan fingerprint density at radius 2 is 1.46 bits per heavy atom. The topological polar surface area (TPSA) is 53.8 Å². The Labute approximate surface area is 253 Å². The maximum absolute atomic E-state index is 4.61. The molecule has 0 radical (unpaired) electrons. The zero-order chi connectivity index (χ0) is 31.6. The van der Waals surface area contributed by atoms with E-state index in [0.717, 1.165) is 46.8 Å². The maximum Gasteiger partial charge on any atom is 0.0462 e. The molecule has 0 atom stereocenters. The lowest BCUT2D eigenvalue weighted by atomic mass is 10.0. The minimum atomic E-state index is 0.823. The van der Waals surface area contributed by atoms with Crippen molar-refractivity contribution in [2.45, 2.75) is 93.4 Å². The van der Waals surface area contributed by atoms with E-state index in [4.69, 9.17) is 0 Å². The van der Waals surface area contributed by atoms with Crippen molar-refractivity contribution in [1.29, 1.82) is 0 Å². The van der Waals surface area contributed by atoms with E-state index in [1.165, 1.54) is 55.0 Å². The molecule has 3 heteroatoms. The van der Waals surface area contributed by atoms with E-state index >= 15 is 0 Å². The molecule has 4 N–H and O–H groups in total. The summed E-state index contributed by atoms with van der Waals surface area (Å²) in [6.45, 7) is 33.3. The van der Waals surface area contributed by atoms with Crippen molar-refractivity contribution in [1.82, 2.24) is 10.3 Å². The predicted octanol–water partition coefficient (Wildman–Crippen LogP) is 11.4. The number of benzene rings is 1. The summed E-state index contributed by atoms with van der Waals surface area (Å²) in [5.74, 6) is 0. The number of aromatic nitrogens is 1. The van der Waals surface area contributed by atoms with Gasteiger partial charge in [-0.1, -0.05) is 127 Å². The first-order chi connectivity index (χ1) is 19.6. The van der Waals surface area contributed by atoms with Crippen LogP contribution in [-0.4, -0.2) is 4.98 Å². The van der Waals surface area contributed by atoms with E-state index in [-0.39, 0.29) is 0 Å². The third-order valence-electron chi connectivity index (χ3n) is 5.94. The molecule has 1 aromatic carbocycles. The van der Waals surface area contributed by atoms with Gasteiger partial charge in [0.25, 0.3) is 0 Å².